The summed E-state index contributed by atoms with van der Waals surface area (Å²) < 4.78 is 39.5. The van der Waals surface area contributed by atoms with Crippen LogP contribution in [0.1, 0.15) is 26.2 Å². The zero-order chi connectivity index (χ0) is 13.3. The lowest BCUT2D eigenvalue weighted by Crippen LogP contribution is -2.36. The number of carbonyl (C=O) groups excluding carboxylic acids is 1. The largest absolute Gasteiger partial charge is 0.411 e. The second-order valence-corrected chi connectivity index (χ2v) is 3.67. The molecule has 0 saturated heterocycles. The lowest BCUT2D eigenvalue weighted by Gasteiger charge is -2.16. The van der Waals surface area contributed by atoms with Crippen molar-refractivity contribution in [1.82, 2.24) is 5.32 Å². The summed E-state index contributed by atoms with van der Waals surface area (Å²) in [4.78, 5) is 11.3. The van der Waals surface area contributed by atoms with E-state index < -0.39 is 12.8 Å². The van der Waals surface area contributed by atoms with Crippen molar-refractivity contribution in [3.63, 3.8) is 0 Å². The van der Waals surface area contributed by atoms with Gasteiger partial charge < -0.3 is 15.8 Å². The zero-order valence-electron chi connectivity index (χ0n) is 9.85. The van der Waals surface area contributed by atoms with Crippen molar-refractivity contribution in [1.29, 1.82) is 0 Å². The summed E-state index contributed by atoms with van der Waals surface area (Å²) in [5.41, 5.74) is 5.35. The van der Waals surface area contributed by atoms with Gasteiger partial charge in [0.15, 0.2) is 0 Å². The minimum absolute atomic E-state index is 0.0184. The summed E-state index contributed by atoms with van der Waals surface area (Å²) in [6.45, 7) is 0.814. The molecule has 0 aliphatic heterocycles. The van der Waals surface area contributed by atoms with E-state index in [1.165, 1.54) is 0 Å². The van der Waals surface area contributed by atoms with Crippen LogP contribution in [-0.4, -0.2) is 37.9 Å². The van der Waals surface area contributed by atoms with Crippen LogP contribution in [0.2, 0.25) is 0 Å². The summed E-state index contributed by atoms with van der Waals surface area (Å²) >= 11 is 0. The minimum Gasteiger partial charge on any atom is -0.372 e. The number of nitrogens with one attached hydrogen (secondary N) is 1. The van der Waals surface area contributed by atoms with Crippen molar-refractivity contribution >= 4 is 5.91 Å². The third-order valence-corrected chi connectivity index (χ3v) is 2.11. The molecule has 3 N–H and O–H groups in total. The minimum atomic E-state index is -4.35. The van der Waals surface area contributed by atoms with Crippen LogP contribution in [-0.2, 0) is 9.53 Å². The first-order valence-corrected chi connectivity index (χ1v) is 5.53. The van der Waals surface area contributed by atoms with Crippen molar-refractivity contribution in [2.45, 2.75) is 38.4 Å². The van der Waals surface area contributed by atoms with Crippen molar-refractivity contribution in [2.24, 2.45) is 5.73 Å². The molecule has 1 unspecified atom stereocenters. The van der Waals surface area contributed by atoms with E-state index in [1.807, 2.05) is 6.92 Å². The number of carbonyl (C=O) groups is 1. The van der Waals surface area contributed by atoms with Gasteiger partial charge in [-0.25, -0.2) is 0 Å². The summed E-state index contributed by atoms with van der Waals surface area (Å²) in [7, 11) is 0. The number of amides is 1. The molecule has 0 fully saturated rings. The number of halogens is 3. The zero-order valence-corrected chi connectivity index (χ0v) is 9.85. The number of alkyl halides is 3. The molecule has 0 aromatic carbocycles. The number of hydrogen-bond donors (Lipinski definition) is 2. The first-order chi connectivity index (χ1) is 7.89. The van der Waals surface area contributed by atoms with Gasteiger partial charge in [0.2, 0.25) is 5.91 Å². The number of ether oxygens (including phenoxy) is 1. The molecule has 7 heteroatoms. The van der Waals surface area contributed by atoms with Crippen LogP contribution in [0, 0.1) is 0 Å². The summed E-state index contributed by atoms with van der Waals surface area (Å²) in [5.74, 6) is -0.313. The van der Waals surface area contributed by atoms with Gasteiger partial charge in [-0.15, -0.1) is 0 Å². The van der Waals surface area contributed by atoms with E-state index in [2.05, 4.69) is 10.1 Å². The Morgan fingerprint density at radius 1 is 1.47 bits per heavy atom. The van der Waals surface area contributed by atoms with Gasteiger partial charge in [0.1, 0.15) is 6.61 Å². The first-order valence-electron chi connectivity index (χ1n) is 5.53. The van der Waals surface area contributed by atoms with E-state index in [-0.39, 0.29) is 25.0 Å². The van der Waals surface area contributed by atoms with Gasteiger partial charge in [0.05, 0.1) is 6.61 Å². The molecule has 0 saturated carbocycles. The maximum absolute atomic E-state index is 11.7. The molecule has 0 rings (SSSR count). The lowest BCUT2D eigenvalue weighted by atomic mass is 10.1. The van der Waals surface area contributed by atoms with Crippen LogP contribution >= 0.6 is 0 Å². The Bertz CT molecular complexity index is 222. The average Bonchev–Trinajstić information content (AvgIpc) is 2.22. The highest BCUT2D eigenvalue weighted by atomic mass is 19.4. The Kier molecular flexibility index (Phi) is 7.90. The number of hydrogen-bond acceptors (Lipinski definition) is 3. The molecule has 0 bridgehead atoms. The summed E-state index contributed by atoms with van der Waals surface area (Å²) in [6.07, 6.45) is -3.02. The molecule has 17 heavy (non-hydrogen) atoms. The van der Waals surface area contributed by atoms with Crippen LogP contribution in [0.3, 0.4) is 0 Å². The van der Waals surface area contributed by atoms with E-state index >= 15 is 0 Å². The van der Waals surface area contributed by atoms with E-state index in [9.17, 15) is 18.0 Å². The molecule has 4 nitrogen and oxygen atoms in total. The van der Waals surface area contributed by atoms with E-state index in [4.69, 9.17) is 5.73 Å². The predicted octanol–water partition coefficient (Wildman–Crippen LogP) is 1.20. The highest BCUT2D eigenvalue weighted by Crippen LogP contribution is 2.14. The monoisotopic (exact) mass is 256 g/mol. The fourth-order valence-corrected chi connectivity index (χ4v) is 1.23. The fourth-order valence-electron chi connectivity index (χ4n) is 1.23. The third kappa shape index (κ3) is 10.1. The molecule has 102 valence electrons. The highest BCUT2D eigenvalue weighted by molar-refractivity contribution is 5.76. The van der Waals surface area contributed by atoms with Gasteiger partial charge >= 0.3 is 6.18 Å². The quantitative estimate of drug-likeness (QED) is 0.641. The van der Waals surface area contributed by atoms with E-state index in [0.29, 0.717) is 13.0 Å². The third-order valence-electron chi connectivity index (χ3n) is 2.11. The van der Waals surface area contributed by atoms with Gasteiger partial charge in [0, 0.05) is 12.5 Å². The topological polar surface area (TPSA) is 64.3 Å². The van der Waals surface area contributed by atoms with E-state index in [1.54, 1.807) is 0 Å². The first kappa shape index (κ1) is 16.2. The molecule has 1 amide bonds. The standard InChI is InChI=1S/C10H19F3N2O2/c1-2-8(3-5-14)15-9(16)4-6-17-7-10(11,12)13/h8H,2-7,14H2,1H3,(H,15,16). The maximum atomic E-state index is 11.7. The number of nitrogens with two attached hydrogens (primary N) is 1. The molecule has 1 atom stereocenters. The maximum Gasteiger partial charge on any atom is 0.411 e. The Balaban J connectivity index is 3.65. The van der Waals surface area contributed by atoms with Crippen LogP contribution < -0.4 is 11.1 Å². The molecule has 0 aromatic heterocycles. The van der Waals surface area contributed by atoms with Crippen LogP contribution in [0.15, 0.2) is 0 Å². The molecule has 0 heterocycles. The molecule has 0 radical (unpaired) electrons. The summed E-state index contributed by atoms with van der Waals surface area (Å²) in [5, 5.41) is 2.69. The van der Waals surface area contributed by atoms with Crippen LogP contribution in [0.25, 0.3) is 0 Å². The second-order valence-electron chi connectivity index (χ2n) is 3.67. The van der Waals surface area contributed by atoms with Crippen molar-refractivity contribution in [3.05, 3.63) is 0 Å². The molecular weight excluding hydrogens is 237 g/mol. The molecule has 0 aliphatic carbocycles. The normalized spacial score (nSPS) is 13.5. The van der Waals surface area contributed by atoms with Gasteiger partial charge in [0.25, 0.3) is 0 Å². The predicted molar refractivity (Wildman–Crippen MR) is 57.4 cm³/mol. The van der Waals surface area contributed by atoms with Gasteiger partial charge in [-0.3, -0.25) is 4.79 Å². The Hall–Kier alpha value is -0.820. The highest BCUT2D eigenvalue weighted by Gasteiger charge is 2.27. The second kappa shape index (κ2) is 8.30. The smallest absolute Gasteiger partial charge is 0.372 e. The lowest BCUT2D eigenvalue weighted by molar-refractivity contribution is -0.174. The van der Waals surface area contributed by atoms with Gasteiger partial charge in [-0.2, -0.15) is 13.2 Å². The van der Waals surface area contributed by atoms with Crippen LogP contribution in [0.4, 0.5) is 13.2 Å². The molecule has 0 aliphatic rings. The van der Waals surface area contributed by atoms with Crippen molar-refractivity contribution in [2.75, 3.05) is 19.8 Å². The van der Waals surface area contributed by atoms with Crippen molar-refractivity contribution < 1.29 is 22.7 Å². The Morgan fingerprint density at radius 3 is 2.59 bits per heavy atom. The molecule has 0 aromatic rings. The van der Waals surface area contributed by atoms with Gasteiger partial charge in [-0.1, -0.05) is 6.92 Å². The molecule has 0 spiro atoms. The van der Waals surface area contributed by atoms with Gasteiger partial charge in [-0.05, 0) is 19.4 Å². The molecular formula is C10H19F3N2O2. The van der Waals surface area contributed by atoms with Crippen LogP contribution in [0.5, 0.6) is 0 Å². The number of rotatable bonds is 8. The van der Waals surface area contributed by atoms with E-state index in [0.717, 1.165) is 6.42 Å². The summed E-state index contributed by atoms with van der Waals surface area (Å²) in [6, 6.07) is -0.0184. The average molecular weight is 256 g/mol. The fraction of sp³-hybridized carbons (Fsp3) is 0.900. The Morgan fingerprint density at radius 2 is 2.12 bits per heavy atom. The SMILES string of the molecule is CCC(CCN)NC(=O)CCOCC(F)(F)F. The Labute approximate surface area is 98.7 Å². The van der Waals surface area contributed by atoms with Crippen molar-refractivity contribution in [3.8, 4) is 0 Å².